The van der Waals surface area contributed by atoms with Crippen LogP contribution in [0.2, 0.25) is 0 Å². The number of rotatable bonds is 5. The molecule has 2 aromatic carbocycles. The summed E-state index contributed by atoms with van der Waals surface area (Å²) >= 11 is 3.31. The van der Waals surface area contributed by atoms with Gasteiger partial charge in [-0.25, -0.2) is 4.79 Å². The van der Waals surface area contributed by atoms with E-state index in [1.807, 2.05) is 13.0 Å². The second kappa shape index (κ2) is 7.18. The summed E-state index contributed by atoms with van der Waals surface area (Å²) in [4.78, 5) is 24.4. The van der Waals surface area contributed by atoms with Gasteiger partial charge < -0.3 is 4.74 Å². The smallest absolute Gasteiger partial charge is 0.338 e. The van der Waals surface area contributed by atoms with E-state index in [1.54, 1.807) is 48.5 Å². The van der Waals surface area contributed by atoms with Crippen molar-refractivity contribution in [1.82, 2.24) is 0 Å². The van der Waals surface area contributed by atoms with Gasteiger partial charge in [0.1, 0.15) is 0 Å². The number of carbonyl (C=O) groups is 2. The number of esters is 1. The van der Waals surface area contributed by atoms with Gasteiger partial charge in [-0.1, -0.05) is 53.2 Å². The first-order valence-corrected chi connectivity index (χ1v) is 7.47. The molecule has 0 spiro atoms. The van der Waals surface area contributed by atoms with Crippen molar-refractivity contribution in [2.24, 2.45) is 0 Å². The Bertz CT molecular complexity index is 620. The molecule has 0 amide bonds. The molecule has 1 unspecified atom stereocenters. The number of ether oxygens (including phenoxy) is 1. The number of hydrogen-bond acceptors (Lipinski definition) is 3. The average Bonchev–Trinajstić information content (AvgIpc) is 2.53. The molecule has 0 fully saturated rings. The number of halogens is 1. The van der Waals surface area contributed by atoms with E-state index in [2.05, 4.69) is 15.9 Å². The van der Waals surface area contributed by atoms with Crippen LogP contribution in [0, 0.1) is 0 Å². The Morgan fingerprint density at radius 3 is 2.19 bits per heavy atom. The molecule has 0 aliphatic heterocycles. The van der Waals surface area contributed by atoms with Crippen molar-refractivity contribution in [3.8, 4) is 0 Å². The fourth-order valence-corrected chi connectivity index (χ4v) is 2.16. The monoisotopic (exact) mass is 346 g/mol. The Hall–Kier alpha value is -1.94. The van der Waals surface area contributed by atoms with Crippen LogP contribution in [0.4, 0.5) is 0 Å². The van der Waals surface area contributed by atoms with Gasteiger partial charge in [0, 0.05) is 10.0 Å². The second-order valence-corrected chi connectivity index (χ2v) is 5.46. The van der Waals surface area contributed by atoms with E-state index >= 15 is 0 Å². The van der Waals surface area contributed by atoms with Crippen LogP contribution in [0.3, 0.4) is 0 Å². The highest BCUT2D eigenvalue weighted by Crippen LogP contribution is 2.15. The molecule has 2 rings (SSSR count). The Balaban J connectivity index is 2.10. The molecule has 3 nitrogen and oxygen atoms in total. The molecule has 0 bridgehead atoms. The normalized spacial score (nSPS) is 11.7. The van der Waals surface area contributed by atoms with Crippen molar-refractivity contribution in [2.45, 2.75) is 19.4 Å². The highest BCUT2D eigenvalue weighted by molar-refractivity contribution is 9.10. The fraction of sp³-hybridized carbons (Fsp3) is 0.176. The fourth-order valence-electron chi connectivity index (χ4n) is 1.89. The molecule has 0 N–H and O–H groups in total. The van der Waals surface area contributed by atoms with Crippen LogP contribution >= 0.6 is 15.9 Å². The molecule has 21 heavy (non-hydrogen) atoms. The van der Waals surface area contributed by atoms with Gasteiger partial charge in [0.25, 0.3) is 0 Å². The van der Waals surface area contributed by atoms with E-state index < -0.39 is 12.1 Å². The minimum absolute atomic E-state index is 0.177. The van der Waals surface area contributed by atoms with Crippen LogP contribution in [-0.4, -0.2) is 17.9 Å². The van der Waals surface area contributed by atoms with Gasteiger partial charge in [-0.15, -0.1) is 0 Å². The summed E-state index contributed by atoms with van der Waals surface area (Å²) in [5, 5.41) is 0. The van der Waals surface area contributed by atoms with Crippen molar-refractivity contribution in [1.29, 1.82) is 0 Å². The maximum absolute atomic E-state index is 12.3. The van der Waals surface area contributed by atoms with Crippen molar-refractivity contribution in [2.75, 3.05) is 0 Å². The van der Waals surface area contributed by atoms with E-state index in [0.717, 1.165) is 4.47 Å². The van der Waals surface area contributed by atoms with Crippen LogP contribution in [-0.2, 0) is 4.74 Å². The van der Waals surface area contributed by atoms with E-state index in [1.165, 1.54) is 0 Å². The molecule has 2 aromatic rings. The van der Waals surface area contributed by atoms with Crippen LogP contribution < -0.4 is 0 Å². The zero-order chi connectivity index (χ0) is 15.2. The molecule has 0 radical (unpaired) electrons. The van der Waals surface area contributed by atoms with Crippen molar-refractivity contribution < 1.29 is 14.3 Å². The lowest BCUT2D eigenvalue weighted by atomic mass is 10.0. The number of benzene rings is 2. The first kappa shape index (κ1) is 15.4. The molecule has 0 saturated heterocycles. The zero-order valence-electron chi connectivity index (χ0n) is 11.6. The summed E-state index contributed by atoms with van der Waals surface area (Å²) in [6.07, 6.45) is -0.320. The summed E-state index contributed by atoms with van der Waals surface area (Å²) < 4.78 is 6.22. The Morgan fingerprint density at radius 2 is 1.62 bits per heavy atom. The lowest BCUT2D eigenvalue weighted by Gasteiger charge is -2.15. The first-order chi connectivity index (χ1) is 10.1. The molecular weight excluding hydrogens is 332 g/mol. The van der Waals surface area contributed by atoms with Crippen LogP contribution in [0.25, 0.3) is 0 Å². The standard InChI is InChI=1S/C17H15BrO3/c1-2-15(16(19)12-6-4-3-5-7-12)21-17(20)13-8-10-14(18)11-9-13/h3-11,15H,2H2,1H3. The third-order valence-corrected chi connectivity index (χ3v) is 3.58. The third-order valence-electron chi connectivity index (χ3n) is 3.05. The molecule has 0 aromatic heterocycles. The Kier molecular flexibility index (Phi) is 5.28. The van der Waals surface area contributed by atoms with Crippen LogP contribution in [0.1, 0.15) is 34.1 Å². The summed E-state index contributed by atoms with van der Waals surface area (Å²) in [5.74, 6) is -0.665. The van der Waals surface area contributed by atoms with Crippen LogP contribution in [0.5, 0.6) is 0 Å². The quantitative estimate of drug-likeness (QED) is 0.599. The van der Waals surface area contributed by atoms with E-state index in [-0.39, 0.29) is 5.78 Å². The lowest BCUT2D eigenvalue weighted by Crippen LogP contribution is -2.26. The summed E-state index contributed by atoms with van der Waals surface area (Å²) in [5.41, 5.74) is 0.977. The van der Waals surface area contributed by atoms with Gasteiger partial charge in [-0.05, 0) is 30.7 Å². The predicted molar refractivity (Wildman–Crippen MR) is 84.4 cm³/mol. The van der Waals surface area contributed by atoms with Crippen molar-refractivity contribution in [3.05, 3.63) is 70.2 Å². The largest absolute Gasteiger partial charge is 0.450 e. The van der Waals surface area contributed by atoms with Gasteiger partial charge in [0.2, 0.25) is 5.78 Å². The molecule has 4 heteroatoms. The lowest BCUT2D eigenvalue weighted by molar-refractivity contribution is 0.0277. The Morgan fingerprint density at radius 1 is 1.00 bits per heavy atom. The minimum atomic E-state index is -0.761. The molecule has 0 saturated carbocycles. The first-order valence-electron chi connectivity index (χ1n) is 6.67. The van der Waals surface area contributed by atoms with Gasteiger partial charge in [0.05, 0.1) is 5.56 Å². The average molecular weight is 347 g/mol. The third kappa shape index (κ3) is 4.02. The summed E-state index contributed by atoms with van der Waals surface area (Å²) in [6, 6.07) is 15.7. The molecule has 0 aliphatic rings. The predicted octanol–water partition coefficient (Wildman–Crippen LogP) is 4.27. The molecule has 0 aliphatic carbocycles. The van der Waals surface area contributed by atoms with Crippen molar-refractivity contribution in [3.63, 3.8) is 0 Å². The SMILES string of the molecule is CCC(OC(=O)c1ccc(Br)cc1)C(=O)c1ccccc1. The number of hydrogen-bond donors (Lipinski definition) is 0. The molecule has 0 heterocycles. The summed E-state index contributed by atoms with van der Waals surface area (Å²) in [7, 11) is 0. The number of Topliss-reactive ketones (excluding diaryl/α,β-unsaturated/α-hetero) is 1. The summed E-state index contributed by atoms with van der Waals surface area (Å²) in [6.45, 7) is 1.82. The van der Waals surface area contributed by atoms with Crippen LogP contribution in [0.15, 0.2) is 59.1 Å². The highest BCUT2D eigenvalue weighted by Gasteiger charge is 2.22. The maximum atomic E-state index is 12.3. The van der Waals surface area contributed by atoms with E-state index in [0.29, 0.717) is 17.5 Å². The zero-order valence-corrected chi connectivity index (χ0v) is 13.2. The van der Waals surface area contributed by atoms with Gasteiger partial charge in [-0.3, -0.25) is 4.79 Å². The molecular formula is C17H15BrO3. The minimum Gasteiger partial charge on any atom is -0.450 e. The van der Waals surface area contributed by atoms with Gasteiger partial charge in [-0.2, -0.15) is 0 Å². The number of ketones is 1. The van der Waals surface area contributed by atoms with E-state index in [4.69, 9.17) is 4.74 Å². The highest BCUT2D eigenvalue weighted by atomic mass is 79.9. The second-order valence-electron chi connectivity index (χ2n) is 4.54. The topological polar surface area (TPSA) is 43.4 Å². The molecule has 1 atom stereocenters. The van der Waals surface area contributed by atoms with Gasteiger partial charge in [0.15, 0.2) is 6.10 Å². The van der Waals surface area contributed by atoms with E-state index in [9.17, 15) is 9.59 Å². The Labute approximate surface area is 132 Å². The van der Waals surface area contributed by atoms with Gasteiger partial charge >= 0.3 is 5.97 Å². The molecule has 108 valence electrons. The maximum Gasteiger partial charge on any atom is 0.338 e. The number of carbonyl (C=O) groups excluding carboxylic acids is 2. The van der Waals surface area contributed by atoms with Crippen molar-refractivity contribution >= 4 is 27.7 Å².